The molecule has 1 aromatic heterocycles. The molecule has 0 aliphatic rings. The zero-order chi connectivity index (χ0) is 16.1. The van der Waals surface area contributed by atoms with E-state index in [0.717, 1.165) is 0 Å². The van der Waals surface area contributed by atoms with Gasteiger partial charge in [0.05, 0.1) is 12.5 Å². The van der Waals surface area contributed by atoms with Crippen molar-refractivity contribution in [3.8, 4) is 0 Å². The maximum Gasteiger partial charge on any atom is 0.305 e. The molecule has 1 unspecified atom stereocenters. The molecule has 2 aromatic rings. The van der Waals surface area contributed by atoms with Crippen LogP contribution in [0.2, 0.25) is 5.02 Å². The summed E-state index contributed by atoms with van der Waals surface area (Å²) in [5.74, 6) is -1.50. The van der Waals surface area contributed by atoms with Gasteiger partial charge in [-0.25, -0.2) is 4.98 Å². The number of nitrogens with one attached hydrogen (secondary N) is 1. The fraction of sp³-hybridized carbons (Fsp3) is 0.133. The summed E-state index contributed by atoms with van der Waals surface area (Å²) in [5, 5.41) is 12.1. The molecule has 5 nitrogen and oxygen atoms in total. The minimum atomic E-state index is -1.03. The first-order chi connectivity index (χ1) is 10.5. The van der Waals surface area contributed by atoms with Crippen LogP contribution in [-0.2, 0) is 4.79 Å². The second-order valence-electron chi connectivity index (χ2n) is 4.49. The van der Waals surface area contributed by atoms with E-state index in [9.17, 15) is 9.59 Å². The smallest absolute Gasteiger partial charge is 0.305 e. The Morgan fingerprint density at radius 3 is 2.59 bits per heavy atom. The van der Waals surface area contributed by atoms with E-state index in [1.807, 2.05) is 0 Å². The Labute approximate surface area is 140 Å². The Morgan fingerprint density at radius 2 is 1.95 bits per heavy atom. The number of carboxylic acids is 1. The van der Waals surface area contributed by atoms with Gasteiger partial charge in [-0.1, -0.05) is 35.9 Å². The maximum absolute atomic E-state index is 12.2. The van der Waals surface area contributed by atoms with E-state index in [1.165, 1.54) is 0 Å². The van der Waals surface area contributed by atoms with Gasteiger partial charge in [0.1, 0.15) is 10.3 Å². The molecule has 0 saturated heterocycles. The summed E-state index contributed by atoms with van der Waals surface area (Å²) >= 11 is 9.28. The van der Waals surface area contributed by atoms with E-state index in [2.05, 4.69) is 26.2 Å². The first-order valence-corrected chi connectivity index (χ1v) is 7.54. The molecular weight excluding hydrogens is 372 g/mol. The number of carbonyl (C=O) groups is 2. The van der Waals surface area contributed by atoms with Gasteiger partial charge < -0.3 is 10.4 Å². The van der Waals surface area contributed by atoms with Gasteiger partial charge in [0.25, 0.3) is 5.91 Å². The monoisotopic (exact) mass is 382 g/mol. The normalized spacial score (nSPS) is 11.7. The summed E-state index contributed by atoms with van der Waals surface area (Å²) in [6, 6.07) is 11.0. The summed E-state index contributed by atoms with van der Waals surface area (Å²) in [5.41, 5.74) is 0.742. The molecule has 1 heterocycles. The third-order valence-corrected chi connectivity index (χ3v) is 3.70. The number of halogens is 2. The van der Waals surface area contributed by atoms with E-state index in [0.29, 0.717) is 15.2 Å². The van der Waals surface area contributed by atoms with Crippen LogP contribution >= 0.6 is 27.5 Å². The van der Waals surface area contributed by atoms with Crippen LogP contribution in [-0.4, -0.2) is 22.0 Å². The first kappa shape index (κ1) is 16.5. The van der Waals surface area contributed by atoms with Crippen LogP contribution in [0.5, 0.6) is 0 Å². The zero-order valence-corrected chi connectivity index (χ0v) is 13.6. The van der Waals surface area contributed by atoms with Crippen molar-refractivity contribution in [2.24, 2.45) is 0 Å². The molecular formula is C15H12BrClN2O3. The Balaban J connectivity index is 2.25. The highest BCUT2D eigenvalue weighted by Crippen LogP contribution is 2.25. The van der Waals surface area contributed by atoms with E-state index in [1.54, 1.807) is 42.5 Å². The van der Waals surface area contributed by atoms with E-state index in [-0.39, 0.29) is 12.1 Å². The highest BCUT2D eigenvalue weighted by molar-refractivity contribution is 9.10. The highest BCUT2D eigenvalue weighted by atomic mass is 79.9. The van der Waals surface area contributed by atoms with E-state index in [4.69, 9.17) is 16.7 Å². The van der Waals surface area contributed by atoms with Crippen molar-refractivity contribution < 1.29 is 14.7 Å². The number of pyridine rings is 1. The molecule has 0 bridgehead atoms. The molecule has 2 N–H and O–H groups in total. The van der Waals surface area contributed by atoms with Gasteiger partial charge in [-0.15, -0.1) is 0 Å². The van der Waals surface area contributed by atoms with Crippen LogP contribution in [0.3, 0.4) is 0 Å². The standard InChI is InChI=1S/C15H12BrClN2O3/c16-13-7-3-6-11(18-13)15(22)19-12(8-14(20)21)9-4-1-2-5-10(9)17/h1-7,12H,8H2,(H,19,22)(H,20,21). The third-order valence-electron chi connectivity index (χ3n) is 2.91. The third kappa shape index (κ3) is 4.29. The van der Waals surface area contributed by atoms with Crippen molar-refractivity contribution in [3.05, 3.63) is 63.3 Å². The van der Waals surface area contributed by atoms with Gasteiger partial charge >= 0.3 is 5.97 Å². The van der Waals surface area contributed by atoms with Crippen molar-refractivity contribution in [2.75, 3.05) is 0 Å². The van der Waals surface area contributed by atoms with Crippen LogP contribution in [0.15, 0.2) is 47.1 Å². The molecule has 0 radical (unpaired) electrons. The van der Waals surface area contributed by atoms with Gasteiger partial charge in [0.2, 0.25) is 0 Å². The van der Waals surface area contributed by atoms with Gasteiger partial charge in [0, 0.05) is 5.02 Å². The SMILES string of the molecule is O=C(O)CC(NC(=O)c1cccc(Br)n1)c1ccccc1Cl. The fourth-order valence-corrected chi connectivity index (χ4v) is 2.55. The van der Waals surface area contributed by atoms with Crippen molar-refractivity contribution in [1.29, 1.82) is 0 Å². The Kier molecular flexibility index (Phi) is 5.51. The second-order valence-corrected chi connectivity index (χ2v) is 5.71. The lowest BCUT2D eigenvalue weighted by atomic mass is 10.0. The van der Waals surface area contributed by atoms with Gasteiger partial charge in [-0.05, 0) is 39.7 Å². The molecule has 0 saturated carbocycles. The molecule has 22 heavy (non-hydrogen) atoms. The van der Waals surface area contributed by atoms with Crippen LogP contribution < -0.4 is 5.32 Å². The van der Waals surface area contributed by atoms with Crippen LogP contribution in [0.4, 0.5) is 0 Å². The number of aliphatic carboxylic acids is 1. The van der Waals surface area contributed by atoms with Gasteiger partial charge in [0.15, 0.2) is 0 Å². The number of carbonyl (C=O) groups excluding carboxylic acids is 1. The summed E-state index contributed by atoms with van der Waals surface area (Å²) in [7, 11) is 0. The number of aromatic nitrogens is 1. The topological polar surface area (TPSA) is 79.3 Å². The molecule has 7 heteroatoms. The minimum absolute atomic E-state index is 0.191. The van der Waals surface area contributed by atoms with Crippen molar-refractivity contribution in [1.82, 2.24) is 10.3 Å². The summed E-state index contributed by atoms with van der Waals surface area (Å²) in [4.78, 5) is 27.3. The molecule has 2 rings (SSSR count). The number of amides is 1. The molecule has 1 atom stereocenters. The van der Waals surface area contributed by atoms with E-state index >= 15 is 0 Å². The minimum Gasteiger partial charge on any atom is -0.481 e. The van der Waals surface area contributed by atoms with Crippen molar-refractivity contribution >= 4 is 39.4 Å². The lowest BCUT2D eigenvalue weighted by molar-refractivity contribution is -0.137. The van der Waals surface area contributed by atoms with Crippen molar-refractivity contribution in [3.63, 3.8) is 0 Å². The summed E-state index contributed by atoms with van der Waals surface area (Å²) in [6.07, 6.45) is -0.274. The van der Waals surface area contributed by atoms with E-state index < -0.39 is 17.9 Å². The Hall–Kier alpha value is -1.92. The molecule has 0 fully saturated rings. The Bertz CT molecular complexity index is 709. The van der Waals surface area contributed by atoms with Crippen molar-refractivity contribution in [2.45, 2.75) is 12.5 Å². The van der Waals surface area contributed by atoms with Gasteiger partial charge in [-0.3, -0.25) is 9.59 Å². The molecule has 1 aromatic carbocycles. The first-order valence-electron chi connectivity index (χ1n) is 6.37. The predicted molar refractivity (Wildman–Crippen MR) is 85.8 cm³/mol. The number of carboxylic acid groups (broad SMARTS) is 1. The summed E-state index contributed by atoms with van der Waals surface area (Å²) < 4.78 is 0.521. The largest absolute Gasteiger partial charge is 0.481 e. The number of rotatable bonds is 5. The zero-order valence-electron chi connectivity index (χ0n) is 11.3. The van der Waals surface area contributed by atoms with Crippen LogP contribution in [0, 0.1) is 0 Å². The molecule has 114 valence electrons. The number of benzene rings is 1. The average Bonchev–Trinajstić information content (AvgIpc) is 2.46. The molecule has 0 aliphatic heterocycles. The lowest BCUT2D eigenvalue weighted by Crippen LogP contribution is -2.31. The maximum atomic E-state index is 12.2. The van der Waals surface area contributed by atoms with Gasteiger partial charge in [-0.2, -0.15) is 0 Å². The lowest BCUT2D eigenvalue weighted by Gasteiger charge is -2.18. The highest BCUT2D eigenvalue weighted by Gasteiger charge is 2.21. The van der Waals surface area contributed by atoms with Crippen LogP contribution in [0.25, 0.3) is 0 Å². The molecule has 0 spiro atoms. The molecule has 0 aliphatic carbocycles. The number of hydrogen-bond acceptors (Lipinski definition) is 3. The van der Waals surface area contributed by atoms with Crippen LogP contribution in [0.1, 0.15) is 28.5 Å². The fourth-order valence-electron chi connectivity index (χ4n) is 1.94. The molecule has 1 amide bonds. The quantitative estimate of drug-likeness (QED) is 0.775. The average molecular weight is 384 g/mol. The number of nitrogens with zero attached hydrogens (tertiary/aromatic N) is 1. The number of hydrogen-bond donors (Lipinski definition) is 2. The predicted octanol–water partition coefficient (Wildman–Crippen LogP) is 3.44. The summed E-state index contributed by atoms with van der Waals surface area (Å²) in [6.45, 7) is 0. The Morgan fingerprint density at radius 1 is 1.23 bits per heavy atom. The second kappa shape index (κ2) is 7.38.